The number of alkyl halides is 1. The smallest absolute Gasteiger partial charge is 0.262 e. The predicted octanol–water partition coefficient (Wildman–Crippen LogP) is 2.13. The van der Waals surface area contributed by atoms with Crippen LogP contribution >= 0.6 is 46.0 Å². The quantitative estimate of drug-likeness (QED) is 0.489. The molecule has 1 aromatic rings. The molecule has 3 rings (SSSR count). The van der Waals surface area contributed by atoms with Crippen molar-refractivity contribution in [1.29, 1.82) is 0 Å². The summed E-state index contributed by atoms with van der Waals surface area (Å²) < 4.78 is 24.8. The number of halogens is 2. The molecular weight excluding hydrogens is 459 g/mol. The number of nitrogens with zero attached hydrogens (tertiary/aromatic N) is 2. The van der Waals surface area contributed by atoms with Gasteiger partial charge in [-0.15, -0.1) is 11.6 Å². The number of rotatable bonds is 2. The van der Waals surface area contributed by atoms with Crippen LogP contribution in [0.5, 0.6) is 0 Å². The summed E-state index contributed by atoms with van der Waals surface area (Å²) in [4.78, 5) is 17.5. The van der Waals surface area contributed by atoms with Crippen LogP contribution in [0.3, 0.4) is 0 Å². The Kier molecular flexibility index (Phi) is 4.73. The molecule has 118 valence electrons. The second kappa shape index (κ2) is 6.29. The Bertz CT molecular complexity index is 753. The summed E-state index contributed by atoms with van der Waals surface area (Å²) in [6, 6.07) is 7.53. The van der Waals surface area contributed by atoms with Crippen LogP contribution in [0, 0.1) is 3.57 Å². The summed E-state index contributed by atoms with van der Waals surface area (Å²) in [5.41, 5.74) is 0.852. The van der Waals surface area contributed by atoms with Crippen molar-refractivity contribution in [2.75, 3.05) is 22.3 Å². The maximum atomic E-state index is 11.9. The molecule has 2 saturated heterocycles. The van der Waals surface area contributed by atoms with Crippen LogP contribution in [0.1, 0.15) is 0 Å². The third-order valence-corrected chi connectivity index (χ3v) is 7.60. The second-order valence-corrected chi connectivity index (χ2v) is 9.95. The highest BCUT2D eigenvalue weighted by atomic mass is 127. The van der Waals surface area contributed by atoms with Crippen molar-refractivity contribution in [2.24, 2.45) is 4.99 Å². The van der Waals surface area contributed by atoms with Gasteiger partial charge in [0.1, 0.15) is 5.88 Å². The molecule has 5 nitrogen and oxygen atoms in total. The molecule has 22 heavy (non-hydrogen) atoms. The van der Waals surface area contributed by atoms with Gasteiger partial charge in [0.05, 0.1) is 17.5 Å². The highest BCUT2D eigenvalue weighted by Crippen LogP contribution is 2.41. The molecule has 2 heterocycles. The van der Waals surface area contributed by atoms with Crippen molar-refractivity contribution in [3.05, 3.63) is 27.8 Å². The summed E-state index contributed by atoms with van der Waals surface area (Å²) in [6.45, 7) is 0. The predicted molar refractivity (Wildman–Crippen MR) is 98.6 cm³/mol. The van der Waals surface area contributed by atoms with Gasteiger partial charge in [0.25, 0.3) is 5.91 Å². The topological polar surface area (TPSA) is 66.8 Å². The first kappa shape index (κ1) is 16.5. The maximum Gasteiger partial charge on any atom is 0.262 e. The first-order valence-corrected chi connectivity index (χ1v) is 10.8. The first-order valence-electron chi connectivity index (χ1n) is 6.49. The third kappa shape index (κ3) is 3.29. The molecule has 2 aliphatic rings. The van der Waals surface area contributed by atoms with E-state index in [4.69, 9.17) is 11.6 Å². The van der Waals surface area contributed by atoms with Crippen molar-refractivity contribution in [1.82, 2.24) is 0 Å². The third-order valence-electron chi connectivity index (χ3n) is 3.49. The zero-order valence-electron chi connectivity index (χ0n) is 11.3. The van der Waals surface area contributed by atoms with E-state index in [1.807, 2.05) is 29.2 Å². The standard InChI is InChI=1S/C13H12ClIN2O3S2/c14-5-12(18)16-13-17(9-3-1-2-8(15)4-9)10-6-22(19,20)7-11(10)21-13/h1-4,10-11H,5-7H2/t10-,11+/m0/s1. The number of anilines is 1. The Morgan fingerprint density at radius 1 is 1.45 bits per heavy atom. The van der Waals surface area contributed by atoms with Crippen LogP contribution in [0.2, 0.25) is 0 Å². The molecule has 0 aromatic heterocycles. The SMILES string of the molecule is O=C(CCl)N=C1S[C@@H]2CS(=O)(=O)C[C@@H]2N1c1cccc(I)c1. The molecule has 0 aliphatic carbocycles. The van der Waals surface area contributed by atoms with E-state index in [1.54, 1.807) is 0 Å². The summed E-state index contributed by atoms with van der Waals surface area (Å²) in [6.07, 6.45) is 0. The van der Waals surface area contributed by atoms with Gasteiger partial charge in [0, 0.05) is 14.5 Å². The van der Waals surface area contributed by atoms with Crippen molar-refractivity contribution >= 4 is 72.6 Å². The number of aliphatic imine (C=N–C) groups is 1. The molecule has 2 fully saturated rings. The fourth-order valence-corrected chi connectivity index (χ4v) is 7.15. The van der Waals surface area contributed by atoms with Crippen LogP contribution in [0.25, 0.3) is 0 Å². The van der Waals surface area contributed by atoms with E-state index in [0.29, 0.717) is 5.17 Å². The number of hydrogen-bond donors (Lipinski definition) is 0. The molecule has 0 radical (unpaired) electrons. The summed E-state index contributed by atoms with van der Waals surface area (Å²) in [5.74, 6) is -0.388. The Labute approximate surface area is 151 Å². The van der Waals surface area contributed by atoms with E-state index < -0.39 is 15.7 Å². The second-order valence-electron chi connectivity index (χ2n) is 5.07. The molecular formula is C13H12ClIN2O3S2. The number of carbonyl (C=O) groups excluding carboxylic acids is 1. The molecule has 0 N–H and O–H groups in total. The number of sulfone groups is 1. The van der Waals surface area contributed by atoms with E-state index in [9.17, 15) is 13.2 Å². The van der Waals surface area contributed by atoms with Gasteiger partial charge >= 0.3 is 0 Å². The number of amidine groups is 1. The summed E-state index contributed by atoms with van der Waals surface area (Å²) in [5, 5.41) is 0.447. The van der Waals surface area contributed by atoms with E-state index in [-0.39, 0.29) is 28.7 Å². The lowest BCUT2D eigenvalue weighted by Gasteiger charge is -2.24. The molecule has 0 saturated carbocycles. The minimum absolute atomic E-state index is 0.0875. The Morgan fingerprint density at radius 2 is 2.23 bits per heavy atom. The largest absolute Gasteiger partial charge is 0.316 e. The van der Waals surface area contributed by atoms with Gasteiger partial charge in [0.2, 0.25) is 0 Å². The molecule has 0 bridgehead atoms. The van der Waals surface area contributed by atoms with Crippen molar-refractivity contribution in [2.45, 2.75) is 11.3 Å². The molecule has 1 amide bonds. The maximum absolute atomic E-state index is 11.9. The Balaban J connectivity index is 2.03. The summed E-state index contributed by atoms with van der Waals surface area (Å²) >= 11 is 9.08. The van der Waals surface area contributed by atoms with Gasteiger partial charge < -0.3 is 4.90 Å². The zero-order chi connectivity index (χ0) is 15.9. The van der Waals surface area contributed by atoms with Crippen LogP contribution in [-0.2, 0) is 14.6 Å². The van der Waals surface area contributed by atoms with E-state index >= 15 is 0 Å². The number of carbonyl (C=O) groups is 1. The van der Waals surface area contributed by atoms with Gasteiger partial charge in [-0.2, -0.15) is 4.99 Å². The van der Waals surface area contributed by atoms with Crippen molar-refractivity contribution in [3.8, 4) is 0 Å². The van der Waals surface area contributed by atoms with Gasteiger partial charge in [-0.05, 0) is 40.8 Å². The highest BCUT2D eigenvalue weighted by Gasteiger charge is 2.49. The van der Waals surface area contributed by atoms with Crippen molar-refractivity contribution in [3.63, 3.8) is 0 Å². The normalized spacial score (nSPS) is 28.1. The van der Waals surface area contributed by atoms with Crippen molar-refractivity contribution < 1.29 is 13.2 Å². The average molecular weight is 471 g/mol. The van der Waals surface area contributed by atoms with Gasteiger partial charge in [-0.3, -0.25) is 4.79 Å². The minimum atomic E-state index is -3.04. The minimum Gasteiger partial charge on any atom is -0.316 e. The molecule has 9 heteroatoms. The molecule has 2 aliphatic heterocycles. The lowest BCUT2D eigenvalue weighted by atomic mass is 10.2. The van der Waals surface area contributed by atoms with E-state index in [0.717, 1.165) is 9.26 Å². The Morgan fingerprint density at radius 3 is 2.91 bits per heavy atom. The van der Waals surface area contributed by atoms with Gasteiger partial charge in [-0.25, -0.2) is 8.42 Å². The van der Waals surface area contributed by atoms with Crippen LogP contribution in [0.4, 0.5) is 5.69 Å². The van der Waals surface area contributed by atoms with Crippen LogP contribution in [0.15, 0.2) is 29.3 Å². The lowest BCUT2D eigenvalue weighted by Crippen LogP contribution is -2.37. The number of amides is 1. The lowest BCUT2D eigenvalue weighted by molar-refractivity contribution is -0.115. The fourth-order valence-electron chi connectivity index (χ4n) is 2.63. The number of hydrogen-bond acceptors (Lipinski definition) is 4. The summed E-state index contributed by atoms with van der Waals surface area (Å²) in [7, 11) is -3.04. The molecule has 1 aromatic carbocycles. The highest BCUT2D eigenvalue weighted by molar-refractivity contribution is 14.1. The number of benzene rings is 1. The van der Waals surface area contributed by atoms with E-state index in [2.05, 4.69) is 27.6 Å². The molecule has 2 atom stereocenters. The number of thioether (sulfide) groups is 1. The molecule has 0 unspecified atom stereocenters. The molecule has 0 spiro atoms. The van der Waals surface area contributed by atoms with E-state index in [1.165, 1.54) is 11.8 Å². The number of fused-ring (bicyclic) bond motifs is 1. The van der Waals surface area contributed by atoms with Gasteiger partial charge in [0.15, 0.2) is 15.0 Å². The zero-order valence-corrected chi connectivity index (χ0v) is 15.8. The Hall–Kier alpha value is -0.320. The monoisotopic (exact) mass is 470 g/mol. The van der Waals surface area contributed by atoms with Crippen LogP contribution in [-0.4, -0.2) is 48.2 Å². The fraction of sp³-hybridized carbons (Fsp3) is 0.385. The van der Waals surface area contributed by atoms with Crippen LogP contribution < -0.4 is 4.90 Å². The average Bonchev–Trinajstić information content (AvgIpc) is 2.89. The van der Waals surface area contributed by atoms with Gasteiger partial charge in [-0.1, -0.05) is 17.8 Å². The first-order chi connectivity index (χ1) is 10.4.